The molecule has 1 spiro atoms. The lowest BCUT2D eigenvalue weighted by Gasteiger charge is -2.44. The summed E-state index contributed by atoms with van der Waals surface area (Å²) < 4.78 is 36.4. The number of benzene rings is 1. The third-order valence-corrected chi connectivity index (χ3v) is 9.47. The largest absolute Gasteiger partial charge is 0.462 e. The molecule has 0 radical (unpaired) electrons. The van der Waals surface area contributed by atoms with E-state index in [0.717, 1.165) is 10.6 Å². The first-order valence-electron chi connectivity index (χ1n) is 12.3. The van der Waals surface area contributed by atoms with Gasteiger partial charge in [-0.25, -0.2) is 9.36 Å². The average molecular weight is 597 g/mol. The Morgan fingerprint density at radius 3 is 2.62 bits per heavy atom. The summed E-state index contributed by atoms with van der Waals surface area (Å²) in [4.78, 5) is 41.6. The van der Waals surface area contributed by atoms with Crippen molar-refractivity contribution < 1.29 is 33.0 Å². The summed E-state index contributed by atoms with van der Waals surface area (Å²) in [6, 6.07) is 7.96. The maximum Gasteiger partial charge on any atom is 0.459 e. The first-order chi connectivity index (χ1) is 18.9. The molecule has 0 saturated carbocycles. The molecule has 1 unspecified atom stereocenters. The lowest BCUT2D eigenvalue weighted by molar-refractivity contribution is -0.149. The van der Waals surface area contributed by atoms with E-state index in [4.69, 9.17) is 18.5 Å². The van der Waals surface area contributed by atoms with Crippen molar-refractivity contribution in [2.24, 2.45) is 5.11 Å². The number of aliphatic hydroxyl groups excluding tert-OH is 1. The van der Waals surface area contributed by atoms with Gasteiger partial charge in [0, 0.05) is 17.2 Å². The van der Waals surface area contributed by atoms with E-state index in [2.05, 4.69) is 20.1 Å². The molecular formula is C23H29N6O9PS. The highest BCUT2D eigenvalue weighted by Gasteiger charge is 2.68. The number of aromatic amines is 1. The Morgan fingerprint density at radius 1 is 1.35 bits per heavy atom. The van der Waals surface area contributed by atoms with Gasteiger partial charge in [-0.3, -0.25) is 23.7 Å². The number of hydrogen-bond acceptors (Lipinski definition) is 11. The van der Waals surface area contributed by atoms with Gasteiger partial charge >= 0.3 is 19.4 Å². The van der Waals surface area contributed by atoms with Gasteiger partial charge in [-0.1, -0.05) is 23.3 Å². The minimum atomic E-state index is -4.43. The molecule has 2 fully saturated rings. The number of aromatic nitrogens is 2. The second-order valence-corrected chi connectivity index (χ2v) is 12.6. The Morgan fingerprint density at radius 2 is 2.05 bits per heavy atom. The van der Waals surface area contributed by atoms with Crippen LogP contribution in [0.3, 0.4) is 0 Å². The van der Waals surface area contributed by atoms with Crippen LogP contribution in [0.4, 0.5) is 0 Å². The summed E-state index contributed by atoms with van der Waals surface area (Å²) in [5, 5.41) is 17.7. The van der Waals surface area contributed by atoms with Crippen LogP contribution in [0.25, 0.3) is 10.4 Å². The molecule has 0 bridgehead atoms. The lowest BCUT2D eigenvalue weighted by atomic mass is 9.91. The standard InChI is InChI=1S/C23H29N6O9PS/c1-14(2)36-18(31)15(3)26-39(34,38-16-7-5-4-6-8-16)35-13-23(27-28-24)19(32)22(10-12-40-22)20(37-23)29-11-9-17(30)25-21(29)33/h4-9,11,14-15,19-20,32H,10,12-13H2,1-3H3,(H,26,34)(H,25,30,33)/t15-,19-,20+,22+,23+,39?/m0/s1. The fraction of sp³-hybridized carbons (Fsp3) is 0.522. The van der Waals surface area contributed by atoms with Crippen LogP contribution < -0.4 is 20.9 Å². The number of carbonyl (C=O) groups excluding carboxylic acids is 1. The third kappa shape index (κ3) is 5.98. The second-order valence-electron chi connectivity index (χ2n) is 9.49. The summed E-state index contributed by atoms with van der Waals surface area (Å²) in [7, 11) is -4.43. The highest BCUT2D eigenvalue weighted by Crippen LogP contribution is 2.60. The monoisotopic (exact) mass is 596 g/mol. The van der Waals surface area contributed by atoms with Crippen molar-refractivity contribution in [2.45, 2.75) is 62.1 Å². The van der Waals surface area contributed by atoms with Crippen LogP contribution in [-0.2, 0) is 23.4 Å². The number of ether oxygens (including phenoxy) is 2. The summed E-state index contributed by atoms with van der Waals surface area (Å²) in [6.07, 6.45) is -1.58. The van der Waals surface area contributed by atoms with Crippen molar-refractivity contribution in [1.82, 2.24) is 14.6 Å². The molecule has 2 aliphatic heterocycles. The first-order valence-corrected chi connectivity index (χ1v) is 14.8. The second kappa shape index (κ2) is 11.8. The predicted molar refractivity (Wildman–Crippen MR) is 144 cm³/mol. The highest BCUT2D eigenvalue weighted by molar-refractivity contribution is 8.02. The quantitative estimate of drug-likeness (QED) is 0.113. The van der Waals surface area contributed by atoms with Gasteiger partial charge in [-0.05, 0) is 50.6 Å². The van der Waals surface area contributed by atoms with Crippen molar-refractivity contribution in [1.29, 1.82) is 0 Å². The first kappa shape index (κ1) is 29.9. The number of esters is 1. The summed E-state index contributed by atoms with van der Waals surface area (Å²) in [5.74, 6) is 0.0198. The molecule has 40 heavy (non-hydrogen) atoms. The van der Waals surface area contributed by atoms with Crippen LogP contribution in [0.15, 0.2) is 57.3 Å². The zero-order chi connectivity index (χ0) is 29.1. The number of aliphatic hydroxyl groups is 1. The van der Waals surface area contributed by atoms with Gasteiger partial charge < -0.3 is 19.1 Å². The van der Waals surface area contributed by atoms with E-state index in [1.807, 2.05) is 0 Å². The topological polar surface area (TPSA) is 207 Å². The molecule has 3 heterocycles. The number of nitrogens with zero attached hydrogens (tertiary/aromatic N) is 4. The van der Waals surface area contributed by atoms with Gasteiger partial charge in [0.15, 0.2) is 12.0 Å². The number of carbonyl (C=O) groups is 1. The number of rotatable bonds is 11. The van der Waals surface area contributed by atoms with Crippen LogP contribution in [0.5, 0.6) is 5.75 Å². The van der Waals surface area contributed by atoms with Gasteiger partial charge in [0.25, 0.3) is 5.56 Å². The van der Waals surface area contributed by atoms with Crippen LogP contribution in [0.2, 0.25) is 0 Å². The predicted octanol–water partition coefficient (Wildman–Crippen LogP) is 2.44. The van der Waals surface area contributed by atoms with Crippen LogP contribution in [-0.4, -0.2) is 61.7 Å². The normalized spacial score (nSPS) is 27.8. The van der Waals surface area contributed by atoms with Crippen LogP contribution in [0.1, 0.15) is 33.4 Å². The molecule has 0 aliphatic carbocycles. The van der Waals surface area contributed by atoms with Gasteiger partial charge in [0.2, 0.25) is 0 Å². The number of hydrogen-bond donors (Lipinski definition) is 3. The summed E-state index contributed by atoms with van der Waals surface area (Å²) in [5.41, 5.74) is 5.80. The number of nitrogens with one attached hydrogen (secondary N) is 2. The SMILES string of the molecule is CC(C)OC(=O)[C@H](C)NP(=O)(OC[C@@]1(N=[N+]=[N-])O[C@@H](n2ccc(=O)[nH]c2=O)[C@@]2(CCS2)[C@@H]1O)Oc1ccccc1. The minimum Gasteiger partial charge on any atom is -0.462 e. The molecular weight excluding hydrogens is 567 g/mol. The molecule has 4 rings (SSSR count). The maximum atomic E-state index is 13.9. The van der Waals surface area contributed by atoms with Gasteiger partial charge in [-0.15, -0.1) is 11.8 Å². The van der Waals surface area contributed by atoms with E-state index < -0.39 is 66.5 Å². The van der Waals surface area contributed by atoms with Crippen molar-refractivity contribution in [3.05, 3.63) is 73.9 Å². The third-order valence-electron chi connectivity index (χ3n) is 6.27. The van der Waals surface area contributed by atoms with E-state index >= 15 is 0 Å². The minimum absolute atomic E-state index is 0.136. The molecule has 15 nitrogen and oxygen atoms in total. The fourth-order valence-electron chi connectivity index (χ4n) is 4.33. The van der Waals surface area contributed by atoms with Crippen LogP contribution >= 0.6 is 19.5 Å². The molecule has 0 amide bonds. The molecule has 3 N–H and O–H groups in total. The molecule has 2 saturated heterocycles. The molecule has 2 aromatic rings. The smallest absolute Gasteiger partial charge is 0.459 e. The van der Waals surface area contributed by atoms with E-state index in [0.29, 0.717) is 12.2 Å². The Balaban J connectivity index is 1.66. The zero-order valence-corrected chi connectivity index (χ0v) is 23.5. The van der Waals surface area contributed by atoms with E-state index in [-0.39, 0.29) is 5.75 Å². The number of thioether (sulfide) groups is 1. The molecule has 6 atom stereocenters. The Kier molecular flexibility index (Phi) is 8.80. The van der Waals surface area contributed by atoms with Gasteiger partial charge in [-0.2, -0.15) is 5.09 Å². The molecule has 2 aliphatic rings. The Hall–Kier alpha value is -3.10. The average Bonchev–Trinajstić information content (AvgIpc) is 3.12. The zero-order valence-electron chi connectivity index (χ0n) is 21.8. The molecule has 1 aromatic carbocycles. The van der Waals surface area contributed by atoms with Crippen LogP contribution in [0, 0.1) is 0 Å². The number of azide groups is 1. The molecule has 216 valence electrons. The van der Waals surface area contributed by atoms with E-state index in [9.17, 15) is 29.6 Å². The number of H-pyrrole nitrogens is 1. The van der Waals surface area contributed by atoms with Crippen molar-refractivity contribution in [3.63, 3.8) is 0 Å². The van der Waals surface area contributed by atoms with Crippen molar-refractivity contribution >= 4 is 25.5 Å². The van der Waals surface area contributed by atoms with E-state index in [1.54, 1.807) is 32.0 Å². The Labute approximate surface area is 232 Å². The van der Waals surface area contributed by atoms with Gasteiger partial charge in [0.1, 0.15) is 17.9 Å². The Bertz CT molecular complexity index is 1440. The van der Waals surface area contributed by atoms with Crippen molar-refractivity contribution in [2.75, 3.05) is 12.4 Å². The molecule has 1 aromatic heterocycles. The maximum absolute atomic E-state index is 13.9. The number of para-hydroxylation sites is 1. The summed E-state index contributed by atoms with van der Waals surface area (Å²) >= 11 is 1.28. The van der Waals surface area contributed by atoms with E-state index in [1.165, 1.54) is 37.0 Å². The van der Waals surface area contributed by atoms with Gasteiger partial charge in [0.05, 0.1) is 17.5 Å². The molecule has 17 heteroatoms. The fourth-order valence-corrected chi connectivity index (χ4v) is 7.17. The highest BCUT2D eigenvalue weighted by atomic mass is 32.2. The lowest BCUT2D eigenvalue weighted by Crippen LogP contribution is -2.55. The summed E-state index contributed by atoms with van der Waals surface area (Å²) in [6.45, 7) is 3.92. The van der Waals surface area contributed by atoms with Crippen molar-refractivity contribution in [3.8, 4) is 5.75 Å².